The second-order valence-electron chi connectivity index (χ2n) is 5.21. The van der Waals surface area contributed by atoms with E-state index in [4.69, 9.17) is 15.2 Å². The van der Waals surface area contributed by atoms with Crippen molar-refractivity contribution in [3.63, 3.8) is 0 Å². The molecule has 5 heteroatoms. The fourth-order valence-corrected chi connectivity index (χ4v) is 2.48. The number of hydrogen-bond donors (Lipinski definition) is 2. The number of rotatable bonds is 4. The molecule has 2 aromatic rings. The fraction of sp³-hybridized carbons (Fsp3) is 0.312. The highest BCUT2D eigenvalue weighted by Gasteiger charge is 2.24. The Morgan fingerprint density at radius 1 is 1.38 bits per heavy atom. The molecular formula is C16H18N2O3. The van der Waals surface area contributed by atoms with Crippen molar-refractivity contribution in [3.05, 3.63) is 42.0 Å². The first-order valence-electron chi connectivity index (χ1n) is 6.99. The maximum Gasteiger partial charge on any atom is 0.407 e. The lowest BCUT2D eigenvalue weighted by molar-refractivity contribution is 0.105. The number of nitrogens with two attached hydrogens (primary N) is 1. The number of cyclic esters (lactones) is 1. The molecule has 110 valence electrons. The van der Waals surface area contributed by atoms with Gasteiger partial charge in [-0.15, -0.1) is 0 Å². The molecule has 5 nitrogen and oxygen atoms in total. The summed E-state index contributed by atoms with van der Waals surface area (Å²) < 4.78 is 11.0. The third-order valence-corrected chi connectivity index (χ3v) is 3.56. The Bertz CT molecular complexity index is 670. The van der Waals surface area contributed by atoms with Gasteiger partial charge in [0.25, 0.3) is 0 Å². The van der Waals surface area contributed by atoms with Gasteiger partial charge in [-0.05, 0) is 12.3 Å². The zero-order valence-corrected chi connectivity index (χ0v) is 11.8. The average Bonchev–Trinajstić information content (AvgIpc) is 2.90. The maximum absolute atomic E-state index is 11.0. The normalized spacial score (nSPS) is 19.1. The third kappa shape index (κ3) is 2.78. The van der Waals surface area contributed by atoms with Crippen molar-refractivity contribution < 1.29 is 14.3 Å². The van der Waals surface area contributed by atoms with Crippen LogP contribution in [0.15, 0.2) is 36.4 Å². The Hall–Kier alpha value is -2.27. The lowest BCUT2D eigenvalue weighted by atomic mass is 10.0. The highest BCUT2D eigenvalue weighted by molar-refractivity contribution is 5.89. The van der Waals surface area contributed by atoms with E-state index in [1.54, 1.807) is 0 Å². The number of benzene rings is 2. The van der Waals surface area contributed by atoms with Crippen molar-refractivity contribution in [2.75, 3.05) is 13.2 Å². The molecule has 3 N–H and O–H groups in total. The summed E-state index contributed by atoms with van der Waals surface area (Å²) in [5, 5.41) is 4.73. The van der Waals surface area contributed by atoms with E-state index in [1.165, 1.54) is 0 Å². The van der Waals surface area contributed by atoms with E-state index in [2.05, 4.69) is 5.32 Å². The Morgan fingerprint density at radius 2 is 2.19 bits per heavy atom. The van der Waals surface area contributed by atoms with E-state index in [1.807, 2.05) is 43.3 Å². The van der Waals surface area contributed by atoms with Crippen LogP contribution < -0.4 is 15.8 Å². The van der Waals surface area contributed by atoms with E-state index in [9.17, 15) is 4.79 Å². The summed E-state index contributed by atoms with van der Waals surface area (Å²) in [6.45, 7) is 2.71. The highest BCUT2D eigenvalue weighted by atomic mass is 16.6. The largest absolute Gasteiger partial charge is 0.489 e. The molecule has 3 rings (SSSR count). The summed E-state index contributed by atoms with van der Waals surface area (Å²) in [6, 6.07) is 11.9. The first-order valence-corrected chi connectivity index (χ1v) is 6.99. The van der Waals surface area contributed by atoms with Gasteiger partial charge in [-0.2, -0.15) is 0 Å². The molecule has 0 bridgehead atoms. The lowest BCUT2D eigenvalue weighted by Crippen LogP contribution is -2.22. The molecule has 1 fully saturated rings. The minimum absolute atomic E-state index is 0.131. The van der Waals surface area contributed by atoms with E-state index in [-0.39, 0.29) is 12.1 Å². The van der Waals surface area contributed by atoms with Crippen LogP contribution in [0.4, 0.5) is 4.79 Å². The van der Waals surface area contributed by atoms with Crippen molar-refractivity contribution in [2.24, 2.45) is 5.73 Å². The third-order valence-electron chi connectivity index (χ3n) is 3.56. The molecule has 1 amide bonds. The van der Waals surface area contributed by atoms with Gasteiger partial charge in [0, 0.05) is 17.0 Å². The molecule has 0 spiro atoms. The molecule has 1 aliphatic rings. The monoisotopic (exact) mass is 286 g/mol. The van der Waals surface area contributed by atoms with Crippen LogP contribution in [0.2, 0.25) is 0 Å². The smallest absolute Gasteiger partial charge is 0.407 e. The highest BCUT2D eigenvalue weighted by Crippen LogP contribution is 2.33. The minimum Gasteiger partial charge on any atom is -0.489 e. The van der Waals surface area contributed by atoms with Crippen LogP contribution in [-0.4, -0.2) is 25.3 Å². The van der Waals surface area contributed by atoms with Crippen molar-refractivity contribution in [1.29, 1.82) is 0 Å². The SMILES string of the molecule is C[C@H](N)c1ccc2ccccc2c1OCC1CNC(=O)O1. The Labute approximate surface area is 123 Å². The maximum atomic E-state index is 11.0. The van der Waals surface area contributed by atoms with Gasteiger partial charge in [-0.3, -0.25) is 0 Å². The van der Waals surface area contributed by atoms with E-state index < -0.39 is 6.09 Å². The number of hydrogen-bond acceptors (Lipinski definition) is 4. The molecule has 2 atom stereocenters. The van der Waals surface area contributed by atoms with Gasteiger partial charge in [0.2, 0.25) is 0 Å². The lowest BCUT2D eigenvalue weighted by Gasteiger charge is -2.18. The molecule has 1 heterocycles. The number of amides is 1. The van der Waals surface area contributed by atoms with Crippen LogP contribution in [0.3, 0.4) is 0 Å². The topological polar surface area (TPSA) is 73.6 Å². The molecule has 21 heavy (non-hydrogen) atoms. The Balaban J connectivity index is 1.90. The van der Waals surface area contributed by atoms with Gasteiger partial charge >= 0.3 is 6.09 Å². The summed E-state index contributed by atoms with van der Waals surface area (Å²) in [4.78, 5) is 11.0. The zero-order chi connectivity index (χ0) is 14.8. The van der Waals surface area contributed by atoms with Gasteiger partial charge in [0.05, 0.1) is 6.54 Å². The summed E-state index contributed by atoms with van der Waals surface area (Å²) in [5.74, 6) is 0.769. The predicted molar refractivity (Wildman–Crippen MR) is 80.3 cm³/mol. The number of carbonyl (C=O) groups is 1. The van der Waals surface area contributed by atoms with E-state index in [0.29, 0.717) is 13.2 Å². The number of carbonyl (C=O) groups excluding carboxylic acids is 1. The van der Waals surface area contributed by atoms with E-state index >= 15 is 0 Å². The predicted octanol–water partition coefficient (Wildman–Crippen LogP) is 2.35. The molecular weight excluding hydrogens is 268 g/mol. The van der Waals surface area contributed by atoms with Gasteiger partial charge in [-0.25, -0.2) is 4.79 Å². The van der Waals surface area contributed by atoms with Crippen LogP contribution >= 0.6 is 0 Å². The summed E-state index contributed by atoms with van der Waals surface area (Å²) in [5.41, 5.74) is 6.98. The van der Waals surface area contributed by atoms with Crippen molar-refractivity contribution in [2.45, 2.75) is 19.1 Å². The van der Waals surface area contributed by atoms with Crippen LogP contribution in [0.1, 0.15) is 18.5 Å². The van der Waals surface area contributed by atoms with Crippen molar-refractivity contribution in [3.8, 4) is 5.75 Å². The zero-order valence-electron chi connectivity index (χ0n) is 11.8. The standard InChI is InChI=1S/C16H18N2O3/c1-10(17)13-7-6-11-4-2-3-5-14(11)15(13)20-9-12-8-18-16(19)21-12/h2-7,10,12H,8-9,17H2,1H3,(H,18,19)/t10-,12?/m0/s1. The second kappa shape index (κ2) is 5.61. The van der Waals surface area contributed by atoms with E-state index in [0.717, 1.165) is 22.1 Å². The van der Waals surface area contributed by atoms with Gasteiger partial charge in [0.15, 0.2) is 6.10 Å². The molecule has 0 saturated carbocycles. The Kier molecular flexibility index (Phi) is 3.66. The number of alkyl carbamates (subject to hydrolysis) is 1. The average molecular weight is 286 g/mol. The van der Waals surface area contributed by atoms with Gasteiger partial charge in [-0.1, -0.05) is 36.4 Å². The first kappa shape index (κ1) is 13.7. The fourth-order valence-electron chi connectivity index (χ4n) is 2.48. The summed E-state index contributed by atoms with van der Waals surface area (Å²) >= 11 is 0. The molecule has 0 aliphatic carbocycles. The first-order chi connectivity index (χ1) is 10.1. The number of fused-ring (bicyclic) bond motifs is 1. The quantitative estimate of drug-likeness (QED) is 0.904. The van der Waals surface area contributed by atoms with Crippen LogP contribution in [0, 0.1) is 0 Å². The summed E-state index contributed by atoms with van der Waals surface area (Å²) in [7, 11) is 0. The number of nitrogens with one attached hydrogen (secondary N) is 1. The van der Waals surface area contributed by atoms with Crippen molar-refractivity contribution >= 4 is 16.9 Å². The van der Waals surface area contributed by atoms with Crippen molar-refractivity contribution in [1.82, 2.24) is 5.32 Å². The molecule has 2 aromatic carbocycles. The molecule has 0 radical (unpaired) electrons. The van der Waals surface area contributed by atoms with Crippen LogP contribution in [0.5, 0.6) is 5.75 Å². The summed E-state index contributed by atoms with van der Waals surface area (Å²) in [6.07, 6.45) is -0.661. The van der Waals surface area contributed by atoms with Crippen LogP contribution in [0.25, 0.3) is 10.8 Å². The van der Waals surface area contributed by atoms with Crippen LogP contribution in [-0.2, 0) is 4.74 Å². The molecule has 1 saturated heterocycles. The van der Waals surface area contributed by atoms with Gasteiger partial charge in [0.1, 0.15) is 12.4 Å². The number of ether oxygens (including phenoxy) is 2. The molecule has 1 aliphatic heterocycles. The second-order valence-corrected chi connectivity index (χ2v) is 5.21. The minimum atomic E-state index is -0.395. The molecule has 0 aromatic heterocycles. The van der Waals surface area contributed by atoms with Gasteiger partial charge < -0.3 is 20.5 Å². The Morgan fingerprint density at radius 3 is 2.90 bits per heavy atom. The molecule has 1 unspecified atom stereocenters.